The predicted octanol–water partition coefficient (Wildman–Crippen LogP) is 1.83. The zero-order chi connectivity index (χ0) is 14.7. The minimum absolute atomic E-state index is 0.160. The molecule has 2 N–H and O–H groups in total. The smallest absolute Gasteiger partial charge is 0.355 e. The summed E-state index contributed by atoms with van der Waals surface area (Å²) in [6.07, 6.45) is 1.08. The summed E-state index contributed by atoms with van der Waals surface area (Å²) in [5, 5.41) is 19.1. The van der Waals surface area contributed by atoms with Crippen molar-refractivity contribution in [1.29, 1.82) is 0 Å². The van der Waals surface area contributed by atoms with Crippen molar-refractivity contribution in [2.45, 2.75) is 13.0 Å². The molecular formula is C12H11ClN4O3. The molecule has 0 aliphatic heterocycles. The maximum Gasteiger partial charge on any atom is 0.355 e. The summed E-state index contributed by atoms with van der Waals surface area (Å²) in [6, 6.07) is 5.91. The summed E-state index contributed by atoms with van der Waals surface area (Å²) in [6.45, 7) is 1.52. The normalized spacial score (nSPS) is 11.9. The molecule has 0 aliphatic rings. The third-order valence-electron chi connectivity index (χ3n) is 2.67. The second-order valence-electron chi connectivity index (χ2n) is 4.01. The van der Waals surface area contributed by atoms with Crippen LogP contribution in [0.15, 0.2) is 30.5 Å². The quantitative estimate of drug-likeness (QED) is 0.896. The lowest BCUT2D eigenvalue weighted by Crippen LogP contribution is -2.27. The van der Waals surface area contributed by atoms with Crippen molar-refractivity contribution in [2.24, 2.45) is 0 Å². The Balaban J connectivity index is 2.19. The molecule has 1 aromatic heterocycles. The van der Waals surface area contributed by atoms with Gasteiger partial charge in [0.05, 0.1) is 16.9 Å². The first-order valence-corrected chi connectivity index (χ1v) is 6.07. The lowest BCUT2D eigenvalue weighted by Gasteiger charge is -2.14. The van der Waals surface area contributed by atoms with Crippen molar-refractivity contribution in [2.75, 3.05) is 5.32 Å². The van der Waals surface area contributed by atoms with Crippen LogP contribution in [0.25, 0.3) is 0 Å². The second kappa shape index (κ2) is 5.70. The van der Waals surface area contributed by atoms with Gasteiger partial charge in [0.2, 0.25) is 5.91 Å². The van der Waals surface area contributed by atoms with Gasteiger partial charge < -0.3 is 10.4 Å². The molecule has 8 heteroatoms. The van der Waals surface area contributed by atoms with Crippen LogP contribution in [0.3, 0.4) is 0 Å². The van der Waals surface area contributed by atoms with Gasteiger partial charge in [-0.05, 0) is 19.1 Å². The van der Waals surface area contributed by atoms with Gasteiger partial charge in [0, 0.05) is 0 Å². The van der Waals surface area contributed by atoms with Gasteiger partial charge in [-0.2, -0.15) is 0 Å². The third kappa shape index (κ3) is 2.77. The van der Waals surface area contributed by atoms with Crippen LogP contribution in [0, 0.1) is 0 Å². The van der Waals surface area contributed by atoms with Gasteiger partial charge >= 0.3 is 5.97 Å². The lowest BCUT2D eigenvalue weighted by atomic mass is 10.2. The average Bonchev–Trinajstić information content (AvgIpc) is 2.89. The van der Waals surface area contributed by atoms with Gasteiger partial charge in [0.1, 0.15) is 6.04 Å². The number of carboxylic acids is 1. The number of rotatable bonds is 4. The largest absolute Gasteiger partial charge is 0.476 e. The zero-order valence-electron chi connectivity index (χ0n) is 10.4. The molecule has 0 spiro atoms. The molecule has 2 aromatic rings. The van der Waals surface area contributed by atoms with Gasteiger partial charge in [-0.25, -0.2) is 9.48 Å². The van der Waals surface area contributed by atoms with Crippen LogP contribution in [0.2, 0.25) is 5.02 Å². The molecule has 2 rings (SSSR count). The highest BCUT2D eigenvalue weighted by Crippen LogP contribution is 2.21. The SMILES string of the molecule is CC(C(=O)Nc1ccccc1Cl)n1nncc1C(=O)O. The Bertz CT molecular complexity index is 656. The molecule has 1 aromatic carbocycles. The molecule has 7 nitrogen and oxygen atoms in total. The monoisotopic (exact) mass is 294 g/mol. The maximum atomic E-state index is 12.1. The molecule has 0 saturated heterocycles. The minimum atomic E-state index is -1.20. The van der Waals surface area contributed by atoms with E-state index in [2.05, 4.69) is 15.6 Å². The number of benzene rings is 1. The summed E-state index contributed by atoms with van der Waals surface area (Å²) in [4.78, 5) is 23.1. The number of aromatic carboxylic acids is 1. The molecule has 0 saturated carbocycles. The van der Waals surface area contributed by atoms with Crippen molar-refractivity contribution < 1.29 is 14.7 Å². The van der Waals surface area contributed by atoms with E-state index in [1.165, 1.54) is 6.92 Å². The number of halogens is 1. The van der Waals surface area contributed by atoms with E-state index in [1.54, 1.807) is 24.3 Å². The Labute approximate surface area is 119 Å². The van der Waals surface area contributed by atoms with Gasteiger partial charge in [-0.15, -0.1) is 5.10 Å². The van der Waals surface area contributed by atoms with Crippen molar-refractivity contribution >= 4 is 29.2 Å². The van der Waals surface area contributed by atoms with Gasteiger partial charge in [-0.3, -0.25) is 4.79 Å². The molecular weight excluding hydrogens is 284 g/mol. The fraction of sp³-hybridized carbons (Fsp3) is 0.167. The van der Waals surface area contributed by atoms with Crippen LogP contribution in [0.1, 0.15) is 23.5 Å². The van der Waals surface area contributed by atoms with E-state index in [0.29, 0.717) is 10.7 Å². The molecule has 20 heavy (non-hydrogen) atoms. The molecule has 0 bridgehead atoms. The van der Waals surface area contributed by atoms with E-state index < -0.39 is 17.9 Å². The van der Waals surface area contributed by atoms with Gasteiger partial charge in [-0.1, -0.05) is 28.9 Å². The second-order valence-corrected chi connectivity index (χ2v) is 4.42. The third-order valence-corrected chi connectivity index (χ3v) is 3.00. The van der Waals surface area contributed by atoms with E-state index in [1.807, 2.05) is 0 Å². The highest BCUT2D eigenvalue weighted by molar-refractivity contribution is 6.33. The number of carbonyl (C=O) groups is 2. The highest BCUT2D eigenvalue weighted by atomic mass is 35.5. The Morgan fingerprint density at radius 1 is 1.40 bits per heavy atom. The van der Waals surface area contributed by atoms with Crippen LogP contribution in [-0.4, -0.2) is 32.0 Å². The number of aromatic nitrogens is 3. The summed E-state index contributed by atoms with van der Waals surface area (Å²) in [5.74, 6) is -1.64. The Morgan fingerprint density at radius 3 is 2.75 bits per heavy atom. The number of amides is 1. The van der Waals surface area contributed by atoms with Crippen molar-refractivity contribution in [3.05, 3.63) is 41.2 Å². The molecule has 104 valence electrons. The number of para-hydroxylation sites is 1. The highest BCUT2D eigenvalue weighted by Gasteiger charge is 2.22. The molecule has 0 fully saturated rings. The topological polar surface area (TPSA) is 97.1 Å². The molecule has 0 aliphatic carbocycles. The number of hydrogen-bond acceptors (Lipinski definition) is 4. The van der Waals surface area contributed by atoms with Crippen LogP contribution >= 0.6 is 11.6 Å². The first-order chi connectivity index (χ1) is 9.50. The average molecular weight is 295 g/mol. The first kappa shape index (κ1) is 14.0. The lowest BCUT2D eigenvalue weighted by molar-refractivity contribution is -0.119. The summed E-state index contributed by atoms with van der Waals surface area (Å²) >= 11 is 5.94. The fourth-order valence-electron chi connectivity index (χ4n) is 1.59. The molecule has 0 radical (unpaired) electrons. The maximum absolute atomic E-state index is 12.1. The number of hydrogen-bond donors (Lipinski definition) is 2. The molecule has 1 unspecified atom stereocenters. The summed E-state index contributed by atoms with van der Waals surface area (Å²) in [7, 11) is 0. The van der Waals surface area contributed by atoms with Crippen molar-refractivity contribution in [3.8, 4) is 0 Å². The van der Waals surface area contributed by atoms with Crippen LogP contribution < -0.4 is 5.32 Å². The van der Waals surface area contributed by atoms with Crippen molar-refractivity contribution in [3.63, 3.8) is 0 Å². The first-order valence-electron chi connectivity index (χ1n) is 5.69. The standard InChI is InChI=1S/C12H11ClN4O3/c1-7(17-10(12(19)20)6-14-16-17)11(18)15-9-5-3-2-4-8(9)13/h2-7H,1H3,(H,15,18)(H,19,20). The minimum Gasteiger partial charge on any atom is -0.476 e. The van der Waals surface area contributed by atoms with E-state index in [-0.39, 0.29) is 5.69 Å². The molecule has 1 heterocycles. The van der Waals surface area contributed by atoms with Crippen LogP contribution in [0.4, 0.5) is 5.69 Å². The number of carbonyl (C=O) groups excluding carboxylic acids is 1. The van der Waals surface area contributed by atoms with Gasteiger partial charge in [0.15, 0.2) is 5.69 Å². The molecule has 1 atom stereocenters. The van der Waals surface area contributed by atoms with E-state index >= 15 is 0 Å². The zero-order valence-corrected chi connectivity index (χ0v) is 11.2. The van der Waals surface area contributed by atoms with Crippen LogP contribution in [0.5, 0.6) is 0 Å². The molecule has 1 amide bonds. The van der Waals surface area contributed by atoms with E-state index in [4.69, 9.17) is 16.7 Å². The fourth-order valence-corrected chi connectivity index (χ4v) is 1.78. The van der Waals surface area contributed by atoms with Crippen molar-refractivity contribution in [1.82, 2.24) is 15.0 Å². The summed E-state index contributed by atoms with van der Waals surface area (Å²) in [5.41, 5.74) is 0.287. The number of anilines is 1. The number of nitrogens with zero attached hydrogens (tertiary/aromatic N) is 3. The number of carboxylic acid groups (broad SMARTS) is 1. The van der Waals surface area contributed by atoms with Crippen LogP contribution in [-0.2, 0) is 4.79 Å². The number of nitrogens with one attached hydrogen (secondary N) is 1. The van der Waals surface area contributed by atoms with Gasteiger partial charge in [0.25, 0.3) is 0 Å². The van der Waals surface area contributed by atoms with E-state index in [0.717, 1.165) is 10.9 Å². The predicted molar refractivity (Wildman–Crippen MR) is 71.8 cm³/mol. The Morgan fingerprint density at radius 2 is 2.10 bits per heavy atom. The Kier molecular flexibility index (Phi) is 3.99. The Hall–Kier alpha value is -2.41. The summed E-state index contributed by atoms with van der Waals surface area (Å²) < 4.78 is 1.04. The van der Waals surface area contributed by atoms with E-state index in [9.17, 15) is 9.59 Å².